The Balaban J connectivity index is 1.73. The molecule has 1 saturated carbocycles. The number of hydrogen-bond donors (Lipinski definition) is 1. The molecule has 5 heteroatoms. The number of aryl methyl sites for hydroxylation is 2. The molecule has 1 amide bonds. The average molecular weight is 307 g/mol. The Morgan fingerprint density at radius 1 is 1.45 bits per heavy atom. The summed E-state index contributed by atoms with van der Waals surface area (Å²) in [6.45, 7) is 9.07. The predicted octanol–water partition coefficient (Wildman–Crippen LogP) is 2.60. The van der Waals surface area contributed by atoms with E-state index in [0.29, 0.717) is 12.5 Å². The van der Waals surface area contributed by atoms with Gasteiger partial charge in [0.1, 0.15) is 6.61 Å². The van der Waals surface area contributed by atoms with Crippen molar-refractivity contribution in [1.82, 2.24) is 15.1 Å². The van der Waals surface area contributed by atoms with Gasteiger partial charge in [-0.05, 0) is 45.6 Å². The van der Waals surface area contributed by atoms with E-state index in [2.05, 4.69) is 17.3 Å². The lowest BCUT2D eigenvalue weighted by atomic mass is 9.88. The summed E-state index contributed by atoms with van der Waals surface area (Å²) in [5.74, 6) is 0.528. The van der Waals surface area contributed by atoms with Crippen molar-refractivity contribution in [3.8, 4) is 0 Å². The molecule has 1 N–H and O–H groups in total. The fourth-order valence-electron chi connectivity index (χ4n) is 3.19. The van der Waals surface area contributed by atoms with Gasteiger partial charge >= 0.3 is 0 Å². The van der Waals surface area contributed by atoms with Crippen molar-refractivity contribution in [2.24, 2.45) is 5.92 Å². The van der Waals surface area contributed by atoms with Crippen LogP contribution in [0.1, 0.15) is 50.9 Å². The Bertz CT molecular complexity index is 498. The number of carbonyl (C=O) groups is 1. The van der Waals surface area contributed by atoms with Crippen molar-refractivity contribution >= 4 is 5.91 Å². The fraction of sp³-hybridized carbons (Fsp3) is 0.765. The molecule has 0 unspecified atom stereocenters. The van der Waals surface area contributed by atoms with Crippen LogP contribution in [0.3, 0.4) is 0 Å². The summed E-state index contributed by atoms with van der Waals surface area (Å²) in [5.41, 5.74) is 2.12. The first kappa shape index (κ1) is 17.0. The highest BCUT2D eigenvalue weighted by Crippen LogP contribution is 2.26. The number of rotatable bonds is 6. The first-order valence-corrected chi connectivity index (χ1v) is 8.37. The maximum absolute atomic E-state index is 12.0. The summed E-state index contributed by atoms with van der Waals surface area (Å²) in [4.78, 5) is 12.0. The molecular weight excluding hydrogens is 278 g/mol. The van der Waals surface area contributed by atoms with Crippen LogP contribution in [0.5, 0.6) is 0 Å². The minimum atomic E-state index is -0.0354. The molecule has 124 valence electrons. The third-order valence-electron chi connectivity index (χ3n) is 4.42. The standard InChI is InChI=1S/C17H29N3O2/c1-12-7-5-6-8-16(12)22-11-17(21)18-14(3)10-20-15(4)9-13(2)19-20/h9,12,14,16H,5-8,10-11H2,1-4H3,(H,18,21)/t12-,14-,16-/m0/s1. The molecule has 0 radical (unpaired) electrons. The van der Waals surface area contributed by atoms with Crippen molar-refractivity contribution in [3.05, 3.63) is 17.5 Å². The Kier molecular flexibility index (Phi) is 6.00. The normalized spacial score (nSPS) is 23.3. The van der Waals surface area contributed by atoms with Gasteiger partial charge in [-0.25, -0.2) is 0 Å². The highest BCUT2D eigenvalue weighted by Gasteiger charge is 2.22. The summed E-state index contributed by atoms with van der Waals surface area (Å²) in [7, 11) is 0. The first-order valence-electron chi connectivity index (χ1n) is 8.37. The maximum Gasteiger partial charge on any atom is 0.246 e. The van der Waals surface area contributed by atoms with E-state index in [0.717, 1.165) is 17.8 Å². The van der Waals surface area contributed by atoms with Gasteiger partial charge in [0, 0.05) is 11.7 Å². The van der Waals surface area contributed by atoms with Crippen LogP contribution >= 0.6 is 0 Å². The van der Waals surface area contributed by atoms with E-state index in [1.807, 2.05) is 31.5 Å². The Morgan fingerprint density at radius 3 is 2.82 bits per heavy atom. The van der Waals surface area contributed by atoms with Gasteiger partial charge in [0.25, 0.3) is 0 Å². The van der Waals surface area contributed by atoms with Crippen LogP contribution in [0.2, 0.25) is 0 Å². The lowest BCUT2D eigenvalue weighted by Crippen LogP contribution is -2.39. The van der Waals surface area contributed by atoms with Crippen molar-refractivity contribution in [2.75, 3.05) is 6.61 Å². The highest BCUT2D eigenvalue weighted by atomic mass is 16.5. The summed E-state index contributed by atoms with van der Waals surface area (Å²) in [5, 5.41) is 7.42. The lowest BCUT2D eigenvalue weighted by Gasteiger charge is -2.28. The van der Waals surface area contributed by atoms with Gasteiger partial charge in [-0.15, -0.1) is 0 Å². The van der Waals surface area contributed by atoms with Gasteiger partial charge in [-0.3, -0.25) is 9.48 Å². The molecule has 1 heterocycles. The minimum Gasteiger partial charge on any atom is -0.368 e. The largest absolute Gasteiger partial charge is 0.368 e. The lowest BCUT2D eigenvalue weighted by molar-refractivity contribution is -0.130. The van der Waals surface area contributed by atoms with Gasteiger partial charge in [-0.2, -0.15) is 5.10 Å². The quantitative estimate of drug-likeness (QED) is 0.879. The zero-order valence-corrected chi connectivity index (χ0v) is 14.3. The van der Waals surface area contributed by atoms with Crippen LogP contribution in [-0.4, -0.2) is 34.4 Å². The summed E-state index contributed by atoms with van der Waals surface area (Å²) < 4.78 is 7.74. The van der Waals surface area contributed by atoms with Crippen LogP contribution in [0.25, 0.3) is 0 Å². The van der Waals surface area contributed by atoms with Crippen LogP contribution in [-0.2, 0) is 16.1 Å². The second-order valence-corrected chi connectivity index (χ2v) is 6.69. The number of ether oxygens (including phenoxy) is 1. The number of hydrogen-bond acceptors (Lipinski definition) is 3. The third kappa shape index (κ3) is 4.83. The molecule has 1 aromatic heterocycles. The van der Waals surface area contributed by atoms with Crippen molar-refractivity contribution in [2.45, 2.75) is 72.1 Å². The molecule has 22 heavy (non-hydrogen) atoms. The molecule has 5 nitrogen and oxygen atoms in total. The highest BCUT2D eigenvalue weighted by molar-refractivity contribution is 5.77. The van der Waals surface area contributed by atoms with E-state index >= 15 is 0 Å². The van der Waals surface area contributed by atoms with E-state index < -0.39 is 0 Å². The predicted molar refractivity (Wildman–Crippen MR) is 86.7 cm³/mol. The van der Waals surface area contributed by atoms with Crippen LogP contribution in [0.15, 0.2) is 6.07 Å². The van der Waals surface area contributed by atoms with Crippen molar-refractivity contribution < 1.29 is 9.53 Å². The zero-order chi connectivity index (χ0) is 16.1. The van der Waals surface area contributed by atoms with Crippen molar-refractivity contribution in [3.63, 3.8) is 0 Å². The molecule has 0 bridgehead atoms. The van der Waals surface area contributed by atoms with Gasteiger partial charge < -0.3 is 10.1 Å². The van der Waals surface area contributed by atoms with E-state index in [1.165, 1.54) is 19.3 Å². The topological polar surface area (TPSA) is 56.2 Å². The van der Waals surface area contributed by atoms with E-state index in [4.69, 9.17) is 4.74 Å². The zero-order valence-electron chi connectivity index (χ0n) is 14.3. The molecular formula is C17H29N3O2. The number of nitrogens with one attached hydrogen (secondary N) is 1. The molecule has 2 rings (SSSR count). The molecule has 3 atom stereocenters. The number of amides is 1. The minimum absolute atomic E-state index is 0.0354. The second-order valence-electron chi connectivity index (χ2n) is 6.69. The molecule has 1 fully saturated rings. The van der Waals surface area contributed by atoms with Crippen molar-refractivity contribution in [1.29, 1.82) is 0 Å². The van der Waals surface area contributed by atoms with Gasteiger partial charge in [0.15, 0.2) is 0 Å². The summed E-state index contributed by atoms with van der Waals surface area (Å²) >= 11 is 0. The summed E-state index contributed by atoms with van der Waals surface area (Å²) in [6, 6.07) is 2.08. The Hall–Kier alpha value is -1.36. The Labute approximate surface area is 133 Å². The monoisotopic (exact) mass is 307 g/mol. The molecule has 1 aliphatic carbocycles. The fourth-order valence-corrected chi connectivity index (χ4v) is 3.19. The van der Waals surface area contributed by atoms with Crippen LogP contribution in [0, 0.1) is 19.8 Å². The van der Waals surface area contributed by atoms with Gasteiger partial charge in [-0.1, -0.05) is 19.8 Å². The molecule has 0 aromatic carbocycles. The number of nitrogens with zero attached hydrogens (tertiary/aromatic N) is 2. The van der Waals surface area contributed by atoms with Gasteiger partial charge in [0.05, 0.1) is 18.3 Å². The SMILES string of the molecule is Cc1cc(C)n(C[C@H](C)NC(=O)CO[C@H]2CCCC[C@@H]2C)n1. The summed E-state index contributed by atoms with van der Waals surface area (Å²) in [6.07, 6.45) is 5.03. The number of carbonyl (C=O) groups excluding carboxylic acids is 1. The molecule has 1 aromatic rings. The maximum atomic E-state index is 12.0. The van der Waals surface area contributed by atoms with Gasteiger partial charge in [0.2, 0.25) is 5.91 Å². The number of aromatic nitrogens is 2. The Morgan fingerprint density at radius 2 is 2.18 bits per heavy atom. The second kappa shape index (κ2) is 7.77. The van der Waals surface area contributed by atoms with E-state index in [1.54, 1.807) is 0 Å². The molecule has 0 saturated heterocycles. The van der Waals surface area contributed by atoms with Crippen LogP contribution < -0.4 is 5.32 Å². The van der Waals surface area contributed by atoms with E-state index in [9.17, 15) is 4.79 Å². The van der Waals surface area contributed by atoms with E-state index in [-0.39, 0.29) is 24.7 Å². The molecule has 0 aliphatic heterocycles. The van der Waals surface area contributed by atoms with Crippen LogP contribution in [0.4, 0.5) is 0 Å². The molecule has 0 spiro atoms. The molecule has 1 aliphatic rings. The third-order valence-corrected chi connectivity index (χ3v) is 4.42. The average Bonchev–Trinajstić information content (AvgIpc) is 2.75. The first-order chi connectivity index (χ1) is 10.5. The smallest absolute Gasteiger partial charge is 0.246 e.